The lowest BCUT2D eigenvalue weighted by atomic mass is 10.1. The second-order valence-electron chi connectivity index (χ2n) is 8.91. The number of rotatable bonds is 7. The Balaban J connectivity index is 1.42. The molecule has 2 aromatic heterocycles. The van der Waals surface area contributed by atoms with Crippen LogP contribution in [0.15, 0.2) is 84.8 Å². The van der Waals surface area contributed by atoms with E-state index in [2.05, 4.69) is 39.3 Å². The highest BCUT2D eigenvalue weighted by atomic mass is 16.1. The highest BCUT2D eigenvalue weighted by molar-refractivity contribution is 6.09. The first-order valence-corrected chi connectivity index (χ1v) is 12.2. The van der Waals surface area contributed by atoms with Crippen LogP contribution in [0.3, 0.4) is 0 Å². The number of allylic oxidation sites excluding steroid dienone is 2. The first-order valence-electron chi connectivity index (χ1n) is 12.2. The van der Waals surface area contributed by atoms with Crippen LogP contribution in [0.1, 0.15) is 41.4 Å². The maximum atomic E-state index is 13.1. The molecule has 0 saturated carbocycles. The Hall–Kier alpha value is -4.39. The molecule has 0 atom stereocenters. The summed E-state index contributed by atoms with van der Waals surface area (Å²) in [5, 5.41) is 7.77. The third-order valence-corrected chi connectivity index (χ3v) is 6.55. The van der Waals surface area contributed by atoms with E-state index in [1.54, 1.807) is 6.21 Å². The maximum absolute atomic E-state index is 13.1. The Morgan fingerprint density at radius 1 is 1.11 bits per heavy atom. The summed E-state index contributed by atoms with van der Waals surface area (Å²) in [6.45, 7) is 9.75. The van der Waals surface area contributed by atoms with E-state index in [0.717, 1.165) is 52.6 Å². The predicted octanol–water partition coefficient (Wildman–Crippen LogP) is 5.90. The molecule has 0 unspecified atom stereocenters. The van der Waals surface area contributed by atoms with Crippen molar-refractivity contribution in [1.29, 1.82) is 0 Å². The van der Waals surface area contributed by atoms with Crippen LogP contribution in [-0.4, -0.2) is 39.4 Å². The molecule has 7 nitrogen and oxygen atoms in total. The number of aliphatic imine (C=N–C) groups is 1. The molecule has 5 rings (SSSR count). The molecule has 1 N–H and O–H groups in total. The minimum absolute atomic E-state index is 0.116. The summed E-state index contributed by atoms with van der Waals surface area (Å²) in [5.41, 5.74) is 7.23. The van der Waals surface area contributed by atoms with Crippen LogP contribution < -0.4 is 10.2 Å². The highest BCUT2D eigenvalue weighted by Crippen LogP contribution is 2.25. The van der Waals surface area contributed by atoms with E-state index in [-0.39, 0.29) is 5.91 Å². The molecule has 1 aliphatic heterocycles. The van der Waals surface area contributed by atoms with Gasteiger partial charge in [0.1, 0.15) is 5.65 Å². The Morgan fingerprint density at radius 3 is 2.72 bits per heavy atom. The van der Waals surface area contributed by atoms with Gasteiger partial charge in [-0.2, -0.15) is 5.10 Å². The Morgan fingerprint density at radius 2 is 1.94 bits per heavy atom. The molecular weight excluding hydrogens is 448 g/mol. The number of anilines is 2. The van der Waals surface area contributed by atoms with Gasteiger partial charge in [0.25, 0.3) is 5.91 Å². The average Bonchev–Trinajstić information content (AvgIpc) is 3.64. The molecule has 1 aliphatic rings. The number of aryl methyl sites for hydroxylation is 1. The third-order valence-electron chi connectivity index (χ3n) is 6.55. The fourth-order valence-electron chi connectivity index (χ4n) is 4.62. The molecule has 7 heteroatoms. The quantitative estimate of drug-likeness (QED) is 0.336. The maximum Gasteiger partial charge on any atom is 0.255 e. The molecule has 3 heterocycles. The number of nitrogens with one attached hydrogen (secondary N) is 1. The lowest BCUT2D eigenvalue weighted by Crippen LogP contribution is -2.19. The van der Waals surface area contributed by atoms with Crippen LogP contribution in [0.5, 0.6) is 0 Å². The molecule has 0 aliphatic carbocycles. The van der Waals surface area contributed by atoms with Crippen molar-refractivity contribution in [3.05, 3.63) is 96.6 Å². The number of hydrogen-bond acceptors (Lipinski definition) is 4. The summed E-state index contributed by atoms with van der Waals surface area (Å²) in [7, 11) is 0. The van der Waals surface area contributed by atoms with Crippen LogP contribution in [-0.2, 0) is 0 Å². The standard InChI is InChI=1S/C29H30N6O/c1-4-22(20-30-5-2)26-19-28-34(15-16-35(28)32-26)27-18-24(12-11-21(27)3)31-29(36)23-9-8-10-25(17-23)33-13-6-7-14-33/h4-5,8-12,15-20H,2,6-7,13-14H2,1,3H3,(H,31,36)/b22-4+,30-20-. The van der Waals surface area contributed by atoms with Gasteiger partial charge < -0.3 is 10.2 Å². The molecule has 182 valence electrons. The zero-order valence-electron chi connectivity index (χ0n) is 20.7. The van der Waals surface area contributed by atoms with E-state index >= 15 is 0 Å². The zero-order valence-corrected chi connectivity index (χ0v) is 20.7. The van der Waals surface area contributed by atoms with Crippen molar-refractivity contribution in [2.24, 2.45) is 4.99 Å². The summed E-state index contributed by atoms with van der Waals surface area (Å²) in [5.74, 6) is -0.116. The van der Waals surface area contributed by atoms with Crippen molar-refractivity contribution in [3.63, 3.8) is 0 Å². The summed E-state index contributed by atoms with van der Waals surface area (Å²) in [4.78, 5) is 19.6. The largest absolute Gasteiger partial charge is 0.372 e. The molecule has 4 aromatic rings. The summed E-state index contributed by atoms with van der Waals surface area (Å²) in [6.07, 6.45) is 11.5. The van der Waals surface area contributed by atoms with Crippen molar-refractivity contribution in [3.8, 4) is 5.69 Å². The fourth-order valence-corrected chi connectivity index (χ4v) is 4.62. The van der Waals surface area contributed by atoms with Gasteiger partial charge in [-0.15, -0.1) is 0 Å². The summed E-state index contributed by atoms with van der Waals surface area (Å²) < 4.78 is 3.92. The minimum Gasteiger partial charge on any atom is -0.372 e. The number of amides is 1. The minimum atomic E-state index is -0.116. The van der Waals surface area contributed by atoms with Gasteiger partial charge in [-0.1, -0.05) is 24.8 Å². The first kappa shape index (κ1) is 23.4. The van der Waals surface area contributed by atoms with Gasteiger partial charge in [0.05, 0.1) is 11.4 Å². The number of hydrogen-bond donors (Lipinski definition) is 1. The van der Waals surface area contributed by atoms with Crippen LogP contribution in [0, 0.1) is 6.92 Å². The van der Waals surface area contributed by atoms with Gasteiger partial charge in [0.2, 0.25) is 0 Å². The SMILES string of the molecule is C=C/N=C\C(=C/C)c1cc2n(-c3cc(NC(=O)c4cccc(N5CCCC5)c4)ccc3C)ccn2n1. The van der Waals surface area contributed by atoms with Crippen molar-refractivity contribution >= 4 is 34.7 Å². The van der Waals surface area contributed by atoms with Gasteiger partial charge in [-0.3, -0.25) is 14.4 Å². The molecule has 1 fully saturated rings. The van der Waals surface area contributed by atoms with E-state index in [1.165, 1.54) is 19.0 Å². The number of carbonyl (C=O) groups excluding carboxylic acids is 1. The van der Waals surface area contributed by atoms with E-state index < -0.39 is 0 Å². The van der Waals surface area contributed by atoms with Crippen molar-refractivity contribution in [1.82, 2.24) is 14.2 Å². The monoisotopic (exact) mass is 478 g/mol. The van der Waals surface area contributed by atoms with Crippen molar-refractivity contribution < 1.29 is 4.79 Å². The lowest BCUT2D eigenvalue weighted by molar-refractivity contribution is 0.102. The molecule has 2 aromatic carbocycles. The van der Waals surface area contributed by atoms with E-state index in [0.29, 0.717) is 5.56 Å². The van der Waals surface area contributed by atoms with Crippen LogP contribution in [0.25, 0.3) is 16.9 Å². The van der Waals surface area contributed by atoms with E-state index in [1.807, 2.05) is 72.4 Å². The zero-order chi connectivity index (χ0) is 25.1. The smallest absolute Gasteiger partial charge is 0.255 e. The number of imidazole rings is 1. The number of benzene rings is 2. The van der Waals surface area contributed by atoms with Crippen LogP contribution in [0.2, 0.25) is 0 Å². The molecule has 36 heavy (non-hydrogen) atoms. The van der Waals surface area contributed by atoms with E-state index in [9.17, 15) is 4.79 Å². The Bertz CT molecular complexity index is 1480. The molecule has 0 radical (unpaired) electrons. The van der Waals surface area contributed by atoms with Crippen LogP contribution in [0.4, 0.5) is 11.4 Å². The fraction of sp³-hybridized carbons (Fsp3) is 0.207. The Labute approximate surface area is 211 Å². The molecular formula is C29H30N6O. The predicted molar refractivity (Wildman–Crippen MR) is 147 cm³/mol. The van der Waals surface area contributed by atoms with Gasteiger partial charge in [-0.25, -0.2) is 4.52 Å². The van der Waals surface area contributed by atoms with Crippen LogP contribution >= 0.6 is 0 Å². The Kier molecular flexibility index (Phi) is 6.54. The summed E-state index contributed by atoms with van der Waals surface area (Å²) >= 11 is 0. The molecule has 1 amide bonds. The third kappa shape index (κ3) is 4.60. The van der Waals surface area contributed by atoms with E-state index in [4.69, 9.17) is 5.10 Å². The normalized spacial score (nSPS) is 14.2. The lowest BCUT2D eigenvalue weighted by Gasteiger charge is -2.18. The topological polar surface area (TPSA) is 66.9 Å². The number of aromatic nitrogens is 3. The first-order chi connectivity index (χ1) is 17.6. The second kappa shape index (κ2) is 10.1. The average molecular weight is 479 g/mol. The van der Waals surface area contributed by atoms with Gasteiger partial charge in [0.15, 0.2) is 0 Å². The van der Waals surface area contributed by atoms with Crippen molar-refractivity contribution in [2.75, 3.05) is 23.3 Å². The number of carbonyl (C=O) groups is 1. The van der Waals surface area contributed by atoms with Gasteiger partial charge in [-0.05, 0) is 62.6 Å². The highest BCUT2D eigenvalue weighted by Gasteiger charge is 2.16. The van der Waals surface area contributed by atoms with Gasteiger partial charge in [0, 0.05) is 66.5 Å². The van der Waals surface area contributed by atoms with Gasteiger partial charge >= 0.3 is 0 Å². The summed E-state index contributed by atoms with van der Waals surface area (Å²) in [6, 6.07) is 15.9. The molecule has 0 spiro atoms. The van der Waals surface area contributed by atoms with Crippen molar-refractivity contribution in [2.45, 2.75) is 26.7 Å². The number of nitrogens with zero attached hydrogens (tertiary/aromatic N) is 5. The molecule has 1 saturated heterocycles. The second-order valence-corrected chi connectivity index (χ2v) is 8.91. The molecule has 0 bridgehead atoms. The number of fused-ring (bicyclic) bond motifs is 1.